The number of carboxylic acids is 1. The second-order valence-electron chi connectivity index (χ2n) is 4.38. The zero-order chi connectivity index (χ0) is 13.8. The van der Waals surface area contributed by atoms with Gasteiger partial charge in [0.2, 0.25) is 0 Å². The number of benzene rings is 2. The van der Waals surface area contributed by atoms with E-state index in [1.165, 1.54) is 0 Å². The van der Waals surface area contributed by atoms with Crippen LogP contribution in [0.4, 0.5) is 0 Å². The minimum atomic E-state index is -0.899. The lowest BCUT2D eigenvalue weighted by molar-refractivity contribution is -0.138. The van der Waals surface area contributed by atoms with Gasteiger partial charge in [0.1, 0.15) is 0 Å². The molecule has 0 aromatic heterocycles. The molecule has 2 aromatic carbocycles. The summed E-state index contributed by atoms with van der Waals surface area (Å²) in [6.45, 7) is 1.61. The Balaban J connectivity index is 0.00000200. The average molecular weight is 272 g/mol. The summed E-state index contributed by atoms with van der Waals surface area (Å²) in [5.41, 5.74) is 1.74. The lowest BCUT2D eigenvalue weighted by Gasteiger charge is -2.08. The van der Waals surface area contributed by atoms with Crippen molar-refractivity contribution >= 4 is 11.8 Å². The maximum Gasteiger partial charge on any atom is 0.310 e. The highest BCUT2D eigenvalue weighted by atomic mass is 16.4. The Morgan fingerprint density at radius 2 is 1.55 bits per heavy atom. The summed E-state index contributed by atoms with van der Waals surface area (Å²) < 4.78 is 0. The zero-order valence-electron chi connectivity index (χ0n) is 11.0. The number of carboxylic acid groups (broad SMARTS) is 1. The van der Waals surface area contributed by atoms with Gasteiger partial charge in [-0.1, -0.05) is 48.5 Å². The molecule has 0 amide bonds. The topological polar surface area (TPSA) is 85.9 Å². The summed E-state index contributed by atoms with van der Waals surface area (Å²) in [6, 6.07) is 15.7. The molecule has 4 heteroatoms. The van der Waals surface area contributed by atoms with Crippen molar-refractivity contribution in [3.8, 4) is 0 Å². The van der Waals surface area contributed by atoms with Gasteiger partial charge in [0, 0.05) is 11.1 Å². The predicted molar refractivity (Wildman–Crippen MR) is 76.0 cm³/mol. The van der Waals surface area contributed by atoms with E-state index in [0.717, 1.165) is 0 Å². The second-order valence-corrected chi connectivity index (χ2v) is 4.38. The van der Waals surface area contributed by atoms with Crippen molar-refractivity contribution in [2.45, 2.75) is 12.8 Å². The molecule has 2 rings (SSSR count). The van der Waals surface area contributed by atoms with Crippen molar-refractivity contribution < 1.29 is 20.2 Å². The predicted octanol–water partition coefficient (Wildman–Crippen LogP) is 2.28. The van der Waals surface area contributed by atoms with Gasteiger partial charge >= 0.3 is 5.97 Å². The quantitative estimate of drug-likeness (QED) is 0.866. The van der Waals surface area contributed by atoms with E-state index in [1.807, 2.05) is 6.07 Å². The lowest BCUT2D eigenvalue weighted by atomic mass is 9.96. The molecular formula is C16H16O4. The zero-order valence-corrected chi connectivity index (χ0v) is 11.0. The highest BCUT2D eigenvalue weighted by molar-refractivity contribution is 6.09. The third-order valence-corrected chi connectivity index (χ3v) is 3.06. The summed E-state index contributed by atoms with van der Waals surface area (Å²) in [5.74, 6) is -1.62. The molecule has 104 valence electrons. The van der Waals surface area contributed by atoms with Crippen LogP contribution in [0.5, 0.6) is 0 Å². The first-order chi connectivity index (χ1) is 9.09. The first-order valence-corrected chi connectivity index (χ1v) is 6.02. The van der Waals surface area contributed by atoms with Crippen LogP contribution in [0.3, 0.4) is 0 Å². The fraction of sp³-hybridized carbons (Fsp3) is 0.125. The monoisotopic (exact) mass is 272 g/mol. The molecular weight excluding hydrogens is 256 g/mol. The number of ketones is 1. The number of aliphatic carboxylic acids is 1. The van der Waals surface area contributed by atoms with Crippen molar-refractivity contribution in [3.63, 3.8) is 0 Å². The van der Waals surface area contributed by atoms with E-state index in [2.05, 4.69) is 0 Å². The van der Waals surface area contributed by atoms with Crippen molar-refractivity contribution in [2.75, 3.05) is 0 Å². The van der Waals surface area contributed by atoms with Gasteiger partial charge in [-0.25, -0.2) is 0 Å². The SMILES string of the molecule is CC(C(=O)O)c1cccc(C(=O)c2ccccc2)c1.O. The Kier molecular flexibility index (Phi) is 5.17. The van der Waals surface area contributed by atoms with Gasteiger partial charge in [-0.15, -0.1) is 0 Å². The van der Waals surface area contributed by atoms with Crippen LogP contribution in [0.2, 0.25) is 0 Å². The Labute approximate surface area is 117 Å². The number of carbonyl (C=O) groups is 2. The van der Waals surface area contributed by atoms with E-state index in [0.29, 0.717) is 16.7 Å². The van der Waals surface area contributed by atoms with Gasteiger partial charge in [-0.2, -0.15) is 0 Å². The minimum Gasteiger partial charge on any atom is -0.481 e. The number of hydrogen-bond acceptors (Lipinski definition) is 2. The fourth-order valence-electron chi connectivity index (χ4n) is 1.85. The molecule has 0 spiro atoms. The summed E-state index contributed by atoms with van der Waals surface area (Å²) >= 11 is 0. The molecule has 4 nitrogen and oxygen atoms in total. The molecule has 0 saturated carbocycles. The Morgan fingerprint density at radius 1 is 0.950 bits per heavy atom. The largest absolute Gasteiger partial charge is 0.481 e. The van der Waals surface area contributed by atoms with Crippen LogP contribution in [0.15, 0.2) is 54.6 Å². The van der Waals surface area contributed by atoms with Crippen LogP contribution >= 0.6 is 0 Å². The maximum atomic E-state index is 12.2. The van der Waals surface area contributed by atoms with Crippen molar-refractivity contribution in [2.24, 2.45) is 0 Å². The van der Waals surface area contributed by atoms with Crippen LogP contribution in [0.1, 0.15) is 34.3 Å². The fourth-order valence-corrected chi connectivity index (χ4v) is 1.85. The molecule has 0 bridgehead atoms. The third-order valence-electron chi connectivity index (χ3n) is 3.06. The normalized spacial score (nSPS) is 11.2. The molecule has 0 aliphatic rings. The minimum absolute atomic E-state index is 0. The van der Waals surface area contributed by atoms with Crippen LogP contribution in [-0.2, 0) is 4.79 Å². The maximum absolute atomic E-state index is 12.2. The smallest absolute Gasteiger partial charge is 0.310 e. The molecule has 0 aliphatic heterocycles. The van der Waals surface area contributed by atoms with Gasteiger partial charge in [0.05, 0.1) is 5.92 Å². The molecule has 0 aliphatic carbocycles. The van der Waals surface area contributed by atoms with E-state index >= 15 is 0 Å². The van der Waals surface area contributed by atoms with E-state index in [4.69, 9.17) is 5.11 Å². The van der Waals surface area contributed by atoms with Crippen molar-refractivity contribution in [1.82, 2.24) is 0 Å². The third kappa shape index (κ3) is 3.30. The molecule has 20 heavy (non-hydrogen) atoms. The molecule has 0 radical (unpaired) electrons. The molecule has 3 N–H and O–H groups in total. The molecule has 2 aromatic rings. The summed E-state index contributed by atoms with van der Waals surface area (Å²) in [4.78, 5) is 23.2. The number of carbonyl (C=O) groups excluding carboxylic acids is 1. The highest BCUT2D eigenvalue weighted by Gasteiger charge is 2.16. The molecule has 0 saturated heterocycles. The Bertz CT molecular complexity index is 605. The van der Waals surface area contributed by atoms with Gasteiger partial charge < -0.3 is 10.6 Å². The van der Waals surface area contributed by atoms with E-state index in [1.54, 1.807) is 55.5 Å². The summed E-state index contributed by atoms with van der Waals surface area (Å²) in [7, 11) is 0. The molecule has 1 unspecified atom stereocenters. The second kappa shape index (κ2) is 6.63. The van der Waals surface area contributed by atoms with Crippen LogP contribution in [0.25, 0.3) is 0 Å². The standard InChI is InChI=1S/C16H14O3.H2O/c1-11(16(18)19)13-8-5-9-14(10-13)15(17)12-6-3-2-4-7-12;/h2-11H,1H3,(H,18,19);1H2. The molecule has 1 atom stereocenters. The summed E-state index contributed by atoms with van der Waals surface area (Å²) in [6.07, 6.45) is 0. The van der Waals surface area contributed by atoms with Gasteiger partial charge in [0.15, 0.2) is 5.78 Å². The van der Waals surface area contributed by atoms with Gasteiger partial charge in [-0.3, -0.25) is 9.59 Å². The van der Waals surface area contributed by atoms with E-state index in [9.17, 15) is 9.59 Å². The molecule has 0 heterocycles. The van der Waals surface area contributed by atoms with Crippen molar-refractivity contribution in [1.29, 1.82) is 0 Å². The Hall–Kier alpha value is -2.46. The van der Waals surface area contributed by atoms with Gasteiger partial charge in [-0.05, 0) is 18.6 Å². The van der Waals surface area contributed by atoms with Crippen molar-refractivity contribution in [3.05, 3.63) is 71.3 Å². The first-order valence-electron chi connectivity index (χ1n) is 6.02. The first kappa shape index (κ1) is 15.6. The van der Waals surface area contributed by atoms with Crippen LogP contribution in [0, 0.1) is 0 Å². The average Bonchev–Trinajstić information content (AvgIpc) is 2.46. The van der Waals surface area contributed by atoms with E-state index in [-0.39, 0.29) is 11.3 Å². The lowest BCUT2D eigenvalue weighted by Crippen LogP contribution is -2.09. The van der Waals surface area contributed by atoms with Crippen LogP contribution in [-0.4, -0.2) is 22.3 Å². The Morgan fingerprint density at radius 3 is 2.15 bits per heavy atom. The summed E-state index contributed by atoms with van der Waals surface area (Å²) in [5, 5.41) is 9.00. The molecule has 0 fully saturated rings. The number of hydrogen-bond donors (Lipinski definition) is 1. The van der Waals surface area contributed by atoms with Crippen LogP contribution < -0.4 is 0 Å². The van der Waals surface area contributed by atoms with Gasteiger partial charge in [0.25, 0.3) is 0 Å². The highest BCUT2D eigenvalue weighted by Crippen LogP contribution is 2.18. The van der Waals surface area contributed by atoms with E-state index < -0.39 is 11.9 Å². The number of rotatable bonds is 4.